The summed E-state index contributed by atoms with van der Waals surface area (Å²) in [6.45, 7) is 0. The molecule has 1 atom stereocenters. The predicted molar refractivity (Wildman–Crippen MR) is 106 cm³/mol. The Labute approximate surface area is 150 Å². The number of benzene rings is 3. The molecule has 1 heterocycles. The van der Waals surface area contributed by atoms with E-state index in [2.05, 4.69) is 23.6 Å². The zero-order valence-electron chi connectivity index (χ0n) is 14.0. The fourth-order valence-electron chi connectivity index (χ4n) is 3.20. The molecule has 1 aliphatic heterocycles. The van der Waals surface area contributed by atoms with Gasteiger partial charge in [0.1, 0.15) is 5.75 Å². The van der Waals surface area contributed by atoms with E-state index in [1.807, 2.05) is 36.4 Å². The van der Waals surface area contributed by atoms with Crippen LogP contribution in [0.25, 0.3) is 10.8 Å². The zero-order chi connectivity index (χ0) is 17.1. The summed E-state index contributed by atoms with van der Waals surface area (Å²) in [5, 5.41) is 4.67. The van der Waals surface area contributed by atoms with E-state index in [4.69, 9.17) is 4.74 Å². The Hall–Kier alpha value is -2.39. The summed E-state index contributed by atoms with van der Waals surface area (Å²) < 4.78 is 5.71. The highest BCUT2D eigenvalue weighted by Crippen LogP contribution is 2.39. The Morgan fingerprint density at radius 3 is 2.36 bits per heavy atom. The van der Waals surface area contributed by atoms with Crippen LogP contribution in [0.4, 0.5) is 0 Å². The largest absolute Gasteiger partial charge is 0.422 e. The van der Waals surface area contributed by atoms with E-state index in [1.165, 1.54) is 35.3 Å². The van der Waals surface area contributed by atoms with Gasteiger partial charge in [0.25, 0.3) is 0 Å². The SMILES string of the molecule is O=C(Oc1ccc(S2=CCCCC2)c2ccccc12)c1ccccc1. The van der Waals surface area contributed by atoms with Gasteiger partial charge < -0.3 is 4.74 Å². The van der Waals surface area contributed by atoms with Crippen molar-refractivity contribution < 1.29 is 9.53 Å². The van der Waals surface area contributed by atoms with Gasteiger partial charge in [-0.2, -0.15) is 10.5 Å². The summed E-state index contributed by atoms with van der Waals surface area (Å²) in [5.74, 6) is 1.55. The third-order valence-corrected chi connectivity index (χ3v) is 6.76. The molecular formula is C22H20O2S. The van der Waals surface area contributed by atoms with Crippen molar-refractivity contribution in [2.75, 3.05) is 5.75 Å². The summed E-state index contributed by atoms with van der Waals surface area (Å²) >= 11 is 0. The number of carbonyl (C=O) groups excluding carboxylic acids is 1. The lowest BCUT2D eigenvalue weighted by atomic mass is 10.1. The summed E-state index contributed by atoms with van der Waals surface area (Å²) in [7, 11) is 0.195. The number of rotatable bonds is 3. The van der Waals surface area contributed by atoms with E-state index in [0.29, 0.717) is 11.3 Å². The maximum Gasteiger partial charge on any atom is 0.343 e. The summed E-state index contributed by atoms with van der Waals surface area (Å²) in [6.07, 6.45) is 3.79. The van der Waals surface area contributed by atoms with E-state index in [0.717, 1.165) is 5.39 Å². The summed E-state index contributed by atoms with van der Waals surface area (Å²) in [5.41, 5.74) is 0.568. The van der Waals surface area contributed by atoms with E-state index in [-0.39, 0.29) is 16.5 Å². The number of fused-ring (bicyclic) bond motifs is 1. The van der Waals surface area contributed by atoms with Crippen LogP contribution in [-0.2, 0) is 0 Å². The zero-order valence-corrected chi connectivity index (χ0v) is 14.8. The normalized spacial score (nSPS) is 17.0. The molecular weight excluding hydrogens is 328 g/mol. The van der Waals surface area contributed by atoms with Crippen LogP contribution in [0, 0.1) is 0 Å². The van der Waals surface area contributed by atoms with Crippen LogP contribution in [0.3, 0.4) is 0 Å². The molecule has 3 heteroatoms. The molecule has 0 aromatic heterocycles. The Kier molecular flexibility index (Phi) is 4.66. The maximum atomic E-state index is 12.4. The van der Waals surface area contributed by atoms with Crippen molar-refractivity contribution in [3.63, 3.8) is 0 Å². The topological polar surface area (TPSA) is 26.3 Å². The van der Waals surface area contributed by atoms with Crippen LogP contribution in [0.5, 0.6) is 5.75 Å². The predicted octanol–water partition coefficient (Wildman–Crippen LogP) is 5.67. The van der Waals surface area contributed by atoms with Crippen LogP contribution >= 0.6 is 10.5 Å². The average Bonchev–Trinajstić information content (AvgIpc) is 2.69. The molecule has 1 unspecified atom stereocenters. The fourth-order valence-corrected chi connectivity index (χ4v) is 5.44. The minimum absolute atomic E-state index is 0.195. The van der Waals surface area contributed by atoms with Crippen molar-refractivity contribution in [1.29, 1.82) is 0 Å². The third kappa shape index (κ3) is 3.38. The molecule has 0 N–H and O–H groups in total. The number of carbonyl (C=O) groups is 1. The molecule has 0 fully saturated rings. The highest BCUT2D eigenvalue weighted by Gasteiger charge is 2.14. The lowest BCUT2D eigenvalue weighted by Crippen LogP contribution is -2.08. The van der Waals surface area contributed by atoms with Gasteiger partial charge >= 0.3 is 5.97 Å². The van der Waals surface area contributed by atoms with Gasteiger partial charge in [-0.25, -0.2) is 4.79 Å². The molecule has 25 heavy (non-hydrogen) atoms. The standard InChI is InChI=1S/C22H20O2S/c23-22(17-9-3-1-4-10-17)24-20-13-14-21(25-15-7-2-8-16-25)19-12-6-5-11-18(19)20/h1,3-6,9-15H,2,7-8,16H2. The van der Waals surface area contributed by atoms with Gasteiger partial charge in [0.15, 0.2) is 0 Å². The molecule has 0 aliphatic carbocycles. The van der Waals surface area contributed by atoms with Crippen LogP contribution in [0.1, 0.15) is 29.6 Å². The minimum atomic E-state index is -0.315. The molecule has 4 rings (SSSR count). The first-order valence-electron chi connectivity index (χ1n) is 8.65. The van der Waals surface area contributed by atoms with Crippen LogP contribution < -0.4 is 4.74 Å². The van der Waals surface area contributed by atoms with Crippen LogP contribution in [-0.4, -0.2) is 17.1 Å². The van der Waals surface area contributed by atoms with E-state index >= 15 is 0 Å². The highest BCUT2D eigenvalue weighted by molar-refractivity contribution is 8.15. The summed E-state index contributed by atoms with van der Waals surface area (Å²) in [6, 6.07) is 21.5. The Balaban J connectivity index is 1.74. The summed E-state index contributed by atoms with van der Waals surface area (Å²) in [4.78, 5) is 13.8. The Morgan fingerprint density at radius 2 is 1.60 bits per heavy atom. The smallest absolute Gasteiger partial charge is 0.343 e. The minimum Gasteiger partial charge on any atom is -0.422 e. The lowest BCUT2D eigenvalue weighted by Gasteiger charge is -2.18. The van der Waals surface area contributed by atoms with Crippen molar-refractivity contribution in [2.24, 2.45) is 0 Å². The van der Waals surface area contributed by atoms with Crippen LogP contribution in [0.2, 0.25) is 0 Å². The number of hydrogen-bond acceptors (Lipinski definition) is 2. The van der Waals surface area contributed by atoms with Gasteiger partial charge in [0, 0.05) is 10.3 Å². The molecule has 0 spiro atoms. The first kappa shape index (κ1) is 16.1. The fraction of sp³-hybridized carbons (Fsp3) is 0.182. The molecule has 3 aromatic rings. The second-order valence-corrected chi connectivity index (χ2v) is 8.20. The van der Waals surface area contributed by atoms with Gasteiger partial charge in [-0.3, -0.25) is 0 Å². The molecule has 0 saturated heterocycles. The number of hydrogen-bond donors (Lipinski definition) is 0. The number of ether oxygens (including phenoxy) is 1. The van der Waals surface area contributed by atoms with Gasteiger partial charge in [-0.05, 0) is 54.7 Å². The van der Waals surface area contributed by atoms with E-state index in [9.17, 15) is 4.79 Å². The number of esters is 1. The lowest BCUT2D eigenvalue weighted by molar-refractivity contribution is 0.0737. The molecule has 0 saturated carbocycles. The molecule has 0 radical (unpaired) electrons. The van der Waals surface area contributed by atoms with Crippen molar-refractivity contribution >= 4 is 32.6 Å². The second-order valence-electron chi connectivity index (χ2n) is 6.16. The molecule has 0 amide bonds. The molecule has 126 valence electrons. The molecule has 2 nitrogen and oxygen atoms in total. The van der Waals surface area contributed by atoms with Crippen LogP contribution in [0.15, 0.2) is 71.6 Å². The molecule has 3 aromatic carbocycles. The third-order valence-electron chi connectivity index (χ3n) is 4.48. The molecule has 1 aliphatic rings. The van der Waals surface area contributed by atoms with Crippen molar-refractivity contribution in [3.8, 4) is 5.75 Å². The monoisotopic (exact) mass is 348 g/mol. The first-order chi connectivity index (χ1) is 12.3. The van der Waals surface area contributed by atoms with E-state index < -0.39 is 0 Å². The maximum absolute atomic E-state index is 12.4. The van der Waals surface area contributed by atoms with Gasteiger partial charge in [0.2, 0.25) is 0 Å². The van der Waals surface area contributed by atoms with E-state index in [1.54, 1.807) is 12.1 Å². The Bertz CT molecular complexity index is 945. The quantitative estimate of drug-likeness (QED) is 0.346. The van der Waals surface area contributed by atoms with Crippen molar-refractivity contribution in [1.82, 2.24) is 0 Å². The first-order valence-corrected chi connectivity index (χ1v) is 10.1. The van der Waals surface area contributed by atoms with Gasteiger partial charge in [-0.1, -0.05) is 47.8 Å². The molecule has 0 bridgehead atoms. The highest BCUT2D eigenvalue weighted by atomic mass is 32.2. The van der Waals surface area contributed by atoms with Crippen molar-refractivity contribution in [3.05, 3.63) is 72.3 Å². The average molecular weight is 348 g/mol. The van der Waals surface area contributed by atoms with Gasteiger partial charge in [0.05, 0.1) is 5.56 Å². The van der Waals surface area contributed by atoms with Gasteiger partial charge in [-0.15, -0.1) is 0 Å². The van der Waals surface area contributed by atoms with Crippen molar-refractivity contribution in [2.45, 2.75) is 24.2 Å². The Morgan fingerprint density at radius 1 is 0.840 bits per heavy atom. The second kappa shape index (κ2) is 7.24.